The molecule has 3 aromatic carbocycles. The van der Waals surface area contributed by atoms with Crippen LogP contribution in [0.15, 0.2) is 78.3 Å². The third-order valence-electron chi connectivity index (χ3n) is 4.48. The first-order valence-electron chi connectivity index (χ1n) is 9.51. The molecule has 0 unspecified atom stereocenters. The molecule has 0 atom stereocenters. The summed E-state index contributed by atoms with van der Waals surface area (Å²) in [7, 11) is 1.72. The Morgan fingerprint density at radius 3 is 2.84 bits per heavy atom. The lowest BCUT2D eigenvalue weighted by Crippen LogP contribution is -2.17. The number of fused-ring (bicyclic) bond motifs is 1. The van der Waals surface area contributed by atoms with Gasteiger partial charge in [-0.3, -0.25) is 0 Å². The summed E-state index contributed by atoms with van der Waals surface area (Å²) in [5, 5.41) is 8.94. The number of nitrogens with zero attached hydrogens (tertiary/aromatic N) is 3. The van der Waals surface area contributed by atoms with Gasteiger partial charge >= 0.3 is 0 Å². The zero-order chi connectivity index (χ0) is 21.6. The van der Waals surface area contributed by atoms with Crippen LogP contribution in [0.25, 0.3) is 10.9 Å². The summed E-state index contributed by atoms with van der Waals surface area (Å²) < 4.78 is 19.1. The SMILES string of the molecule is CNN=C(Nc1ccc(OCc2cccc(F)c2)c(Cl)c1)c1ccc2ncncc2c1. The monoisotopic (exact) mass is 435 g/mol. The molecule has 0 bridgehead atoms. The molecular formula is C23H19ClFN5O. The van der Waals surface area contributed by atoms with Crippen molar-refractivity contribution in [3.8, 4) is 5.75 Å². The highest BCUT2D eigenvalue weighted by Gasteiger charge is 2.09. The Balaban J connectivity index is 1.51. The minimum absolute atomic E-state index is 0.218. The number of ether oxygens (including phenoxy) is 1. The minimum atomic E-state index is -0.302. The molecule has 0 fully saturated rings. The highest BCUT2D eigenvalue weighted by molar-refractivity contribution is 6.32. The Bertz CT molecular complexity index is 1250. The van der Waals surface area contributed by atoms with Crippen molar-refractivity contribution in [2.45, 2.75) is 6.61 Å². The van der Waals surface area contributed by atoms with Crippen LogP contribution in [0.5, 0.6) is 5.75 Å². The zero-order valence-electron chi connectivity index (χ0n) is 16.6. The molecule has 0 amide bonds. The molecule has 31 heavy (non-hydrogen) atoms. The van der Waals surface area contributed by atoms with E-state index in [9.17, 15) is 4.39 Å². The molecule has 156 valence electrons. The highest BCUT2D eigenvalue weighted by Crippen LogP contribution is 2.29. The Morgan fingerprint density at radius 1 is 1.13 bits per heavy atom. The van der Waals surface area contributed by atoms with Crippen molar-refractivity contribution in [3.63, 3.8) is 0 Å². The van der Waals surface area contributed by atoms with E-state index in [-0.39, 0.29) is 12.4 Å². The molecule has 0 aliphatic rings. The lowest BCUT2D eigenvalue weighted by molar-refractivity contribution is 0.306. The first kappa shape index (κ1) is 20.6. The van der Waals surface area contributed by atoms with Crippen molar-refractivity contribution < 1.29 is 9.13 Å². The molecule has 0 radical (unpaired) electrons. The van der Waals surface area contributed by atoms with Crippen LogP contribution in [0, 0.1) is 5.82 Å². The number of hydrogen-bond acceptors (Lipinski definition) is 5. The number of benzene rings is 3. The molecule has 0 aliphatic heterocycles. The van der Waals surface area contributed by atoms with Gasteiger partial charge in [0, 0.05) is 29.9 Å². The Morgan fingerprint density at radius 2 is 2.03 bits per heavy atom. The number of halogens is 2. The van der Waals surface area contributed by atoms with Gasteiger partial charge in [0.1, 0.15) is 24.5 Å². The first-order valence-corrected chi connectivity index (χ1v) is 9.88. The second kappa shape index (κ2) is 9.40. The quantitative estimate of drug-likeness (QED) is 0.253. The van der Waals surface area contributed by atoms with E-state index in [1.165, 1.54) is 18.5 Å². The molecule has 8 heteroatoms. The number of aromatic nitrogens is 2. The van der Waals surface area contributed by atoms with Crippen molar-refractivity contribution in [2.75, 3.05) is 12.4 Å². The average molecular weight is 436 g/mol. The second-order valence-corrected chi connectivity index (χ2v) is 7.08. The fraction of sp³-hybridized carbons (Fsp3) is 0.0870. The van der Waals surface area contributed by atoms with Crippen molar-refractivity contribution in [2.24, 2.45) is 5.10 Å². The average Bonchev–Trinajstić information content (AvgIpc) is 2.78. The predicted octanol–water partition coefficient (Wildman–Crippen LogP) is 4.99. The second-order valence-electron chi connectivity index (χ2n) is 6.67. The summed E-state index contributed by atoms with van der Waals surface area (Å²) >= 11 is 6.40. The van der Waals surface area contributed by atoms with Gasteiger partial charge in [0.25, 0.3) is 0 Å². The normalized spacial score (nSPS) is 11.4. The van der Waals surface area contributed by atoms with Crippen molar-refractivity contribution >= 4 is 34.0 Å². The number of nitrogens with one attached hydrogen (secondary N) is 2. The van der Waals surface area contributed by atoms with Crippen LogP contribution in [0.1, 0.15) is 11.1 Å². The highest BCUT2D eigenvalue weighted by atomic mass is 35.5. The van der Waals surface area contributed by atoms with Gasteiger partial charge in [-0.05, 0) is 54.1 Å². The maximum absolute atomic E-state index is 13.3. The third kappa shape index (κ3) is 5.07. The van der Waals surface area contributed by atoms with E-state index in [0.29, 0.717) is 16.6 Å². The molecule has 0 spiro atoms. The fourth-order valence-corrected chi connectivity index (χ4v) is 3.26. The van der Waals surface area contributed by atoms with Crippen LogP contribution in [-0.2, 0) is 6.61 Å². The number of hydrogen-bond donors (Lipinski definition) is 2. The Labute approximate surface area is 183 Å². The molecular weight excluding hydrogens is 417 g/mol. The van der Waals surface area contributed by atoms with Crippen molar-refractivity contribution in [1.82, 2.24) is 15.4 Å². The van der Waals surface area contributed by atoms with Crippen LogP contribution in [0.3, 0.4) is 0 Å². The topological polar surface area (TPSA) is 71.4 Å². The standard InChI is InChI=1S/C23H19ClFN5O/c1-26-30-23(16-5-7-21-17(10-16)12-27-14-28-21)29-19-6-8-22(20(24)11-19)31-13-15-3-2-4-18(25)9-15/h2-12,14,26H,13H2,1H3,(H,29,30). The molecule has 0 saturated heterocycles. The van der Waals surface area contributed by atoms with E-state index < -0.39 is 0 Å². The van der Waals surface area contributed by atoms with E-state index in [4.69, 9.17) is 16.3 Å². The van der Waals surface area contributed by atoms with Crippen molar-refractivity contribution in [1.29, 1.82) is 0 Å². The maximum atomic E-state index is 13.3. The summed E-state index contributed by atoms with van der Waals surface area (Å²) in [6.07, 6.45) is 3.27. The van der Waals surface area contributed by atoms with Gasteiger partial charge in [0.15, 0.2) is 5.84 Å². The van der Waals surface area contributed by atoms with E-state index >= 15 is 0 Å². The van der Waals surface area contributed by atoms with E-state index in [1.54, 1.807) is 37.5 Å². The molecule has 1 aromatic heterocycles. The maximum Gasteiger partial charge on any atom is 0.157 e. The molecule has 1 heterocycles. The van der Waals surface area contributed by atoms with Crippen LogP contribution >= 0.6 is 11.6 Å². The van der Waals surface area contributed by atoms with Crippen LogP contribution < -0.4 is 15.5 Å². The Kier molecular flexibility index (Phi) is 6.24. The van der Waals surface area contributed by atoms with Gasteiger partial charge in [0.2, 0.25) is 0 Å². The lowest BCUT2D eigenvalue weighted by atomic mass is 10.1. The van der Waals surface area contributed by atoms with Crippen LogP contribution in [0.2, 0.25) is 5.02 Å². The number of amidine groups is 1. The van der Waals surface area contributed by atoms with Crippen LogP contribution in [-0.4, -0.2) is 22.9 Å². The van der Waals surface area contributed by atoms with Gasteiger partial charge in [-0.2, -0.15) is 5.10 Å². The summed E-state index contributed by atoms with van der Waals surface area (Å²) in [6, 6.07) is 17.4. The Hall–Kier alpha value is -3.71. The molecule has 6 nitrogen and oxygen atoms in total. The van der Waals surface area contributed by atoms with Gasteiger partial charge in [-0.15, -0.1) is 0 Å². The van der Waals surface area contributed by atoms with E-state index in [1.807, 2.05) is 24.3 Å². The first-order chi connectivity index (χ1) is 15.1. The molecule has 4 rings (SSSR count). The summed E-state index contributed by atoms with van der Waals surface area (Å²) in [4.78, 5) is 8.31. The molecule has 0 saturated carbocycles. The molecule has 4 aromatic rings. The summed E-state index contributed by atoms with van der Waals surface area (Å²) in [5.41, 5.74) is 5.98. The van der Waals surface area contributed by atoms with Crippen LogP contribution in [0.4, 0.5) is 10.1 Å². The van der Waals surface area contributed by atoms with E-state index in [0.717, 1.165) is 27.7 Å². The molecule has 2 N–H and O–H groups in total. The zero-order valence-corrected chi connectivity index (χ0v) is 17.4. The number of hydrazone groups is 1. The summed E-state index contributed by atoms with van der Waals surface area (Å²) in [5.74, 6) is 0.813. The number of rotatable bonds is 6. The van der Waals surface area contributed by atoms with Gasteiger partial charge < -0.3 is 15.5 Å². The van der Waals surface area contributed by atoms with Crippen molar-refractivity contribution in [3.05, 3.63) is 95.2 Å². The minimum Gasteiger partial charge on any atom is -0.487 e. The molecule has 0 aliphatic carbocycles. The lowest BCUT2D eigenvalue weighted by Gasteiger charge is -2.13. The van der Waals surface area contributed by atoms with Gasteiger partial charge in [0.05, 0.1) is 10.5 Å². The van der Waals surface area contributed by atoms with E-state index in [2.05, 4.69) is 25.8 Å². The fourth-order valence-electron chi connectivity index (χ4n) is 3.03. The number of anilines is 1. The predicted molar refractivity (Wildman–Crippen MR) is 121 cm³/mol. The van der Waals surface area contributed by atoms with Gasteiger partial charge in [-0.1, -0.05) is 23.7 Å². The van der Waals surface area contributed by atoms with Gasteiger partial charge in [-0.25, -0.2) is 14.4 Å². The largest absolute Gasteiger partial charge is 0.487 e. The summed E-state index contributed by atoms with van der Waals surface area (Å²) in [6.45, 7) is 0.218. The smallest absolute Gasteiger partial charge is 0.157 e. The third-order valence-corrected chi connectivity index (χ3v) is 4.78.